The predicted molar refractivity (Wildman–Crippen MR) is 91.4 cm³/mol. The number of fused-ring (bicyclic) bond motifs is 1. The van der Waals surface area contributed by atoms with Gasteiger partial charge in [-0.2, -0.15) is 13.2 Å². The minimum Gasteiger partial charge on any atom is -0.392 e. The molecule has 0 spiro atoms. The van der Waals surface area contributed by atoms with E-state index in [0.29, 0.717) is 12.0 Å². The largest absolute Gasteiger partial charge is 0.398 e. The molecule has 1 aliphatic rings. The van der Waals surface area contributed by atoms with Gasteiger partial charge in [0.05, 0.1) is 11.5 Å². The van der Waals surface area contributed by atoms with Crippen LogP contribution in [0.15, 0.2) is 18.2 Å². The van der Waals surface area contributed by atoms with E-state index in [9.17, 15) is 18.3 Å². The minimum atomic E-state index is -4.47. The van der Waals surface area contributed by atoms with Gasteiger partial charge in [0.25, 0.3) is 0 Å². The van der Waals surface area contributed by atoms with Crippen LogP contribution in [0.4, 0.5) is 13.2 Å². The monoisotopic (exact) mass is 362 g/mol. The van der Waals surface area contributed by atoms with Gasteiger partial charge in [-0.1, -0.05) is 51.4 Å². The van der Waals surface area contributed by atoms with Gasteiger partial charge in [-0.15, -0.1) is 0 Å². The van der Waals surface area contributed by atoms with Gasteiger partial charge in [-0.25, -0.2) is 0 Å². The van der Waals surface area contributed by atoms with Crippen molar-refractivity contribution in [3.8, 4) is 0 Å². The van der Waals surface area contributed by atoms with E-state index in [0.717, 1.165) is 0 Å². The molecule has 0 saturated carbocycles. The Kier molecular flexibility index (Phi) is 5.33. The molecule has 0 bridgehead atoms. The van der Waals surface area contributed by atoms with Crippen LogP contribution in [0.2, 0.25) is 5.02 Å². The molecule has 2 rings (SSSR count). The molecule has 24 heavy (non-hydrogen) atoms. The van der Waals surface area contributed by atoms with E-state index in [1.54, 1.807) is 19.1 Å². The first-order valence-electron chi connectivity index (χ1n) is 8.46. The third kappa shape index (κ3) is 3.32. The predicted octanol–water partition coefficient (Wildman–Crippen LogP) is 5.91. The fourth-order valence-electron chi connectivity index (χ4n) is 4.12. The Morgan fingerprint density at radius 2 is 1.88 bits per heavy atom. The fraction of sp³-hybridized carbons (Fsp3) is 0.684. The number of aliphatic hydroxyl groups excluding tert-OH is 1. The number of halogens is 4. The lowest BCUT2D eigenvalue weighted by atomic mass is 9.57. The summed E-state index contributed by atoms with van der Waals surface area (Å²) in [5, 5.41) is 10.6. The molecule has 1 nitrogen and oxygen atoms in total. The van der Waals surface area contributed by atoms with Gasteiger partial charge in [0.15, 0.2) is 0 Å². The fourth-order valence-corrected chi connectivity index (χ4v) is 4.48. The molecule has 0 heterocycles. The molecule has 0 radical (unpaired) electrons. The van der Waals surface area contributed by atoms with Crippen LogP contribution in [0.25, 0.3) is 0 Å². The van der Waals surface area contributed by atoms with Gasteiger partial charge >= 0.3 is 6.18 Å². The van der Waals surface area contributed by atoms with E-state index >= 15 is 0 Å². The number of benzene rings is 1. The molecule has 1 aromatic carbocycles. The van der Waals surface area contributed by atoms with E-state index in [1.165, 1.54) is 6.07 Å². The molecule has 0 aromatic heterocycles. The van der Waals surface area contributed by atoms with Gasteiger partial charge < -0.3 is 5.11 Å². The summed E-state index contributed by atoms with van der Waals surface area (Å²) in [6.45, 7) is 7.52. The molecule has 3 unspecified atom stereocenters. The highest BCUT2D eigenvalue weighted by Gasteiger charge is 2.63. The summed E-state index contributed by atoms with van der Waals surface area (Å²) in [7, 11) is 0. The average molecular weight is 363 g/mol. The summed E-state index contributed by atoms with van der Waals surface area (Å²) in [6, 6.07) is 4.85. The number of rotatable bonds is 3. The van der Waals surface area contributed by atoms with Gasteiger partial charge in [0.2, 0.25) is 0 Å². The first-order valence-corrected chi connectivity index (χ1v) is 8.84. The summed E-state index contributed by atoms with van der Waals surface area (Å²) in [5.74, 6) is -0.882. The van der Waals surface area contributed by atoms with E-state index in [2.05, 4.69) is 0 Å². The van der Waals surface area contributed by atoms with Crippen molar-refractivity contribution in [2.45, 2.75) is 71.1 Å². The highest BCUT2D eigenvalue weighted by molar-refractivity contribution is 6.31. The summed E-state index contributed by atoms with van der Waals surface area (Å²) in [4.78, 5) is 0. The van der Waals surface area contributed by atoms with Gasteiger partial charge in [-0.05, 0) is 48.3 Å². The third-order valence-corrected chi connectivity index (χ3v) is 5.60. The quantitative estimate of drug-likeness (QED) is 0.708. The van der Waals surface area contributed by atoms with Crippen molar-refractivity contribution in [3.63, 3.8) is 0 Å². The van der Waals surface area contributed by atoms with Gasteiger partial charge in [0, 0.05) is 10.9 Å². The summed E-state index contributed by atoms with van der Waals surface area (Å²) in [6.07, 6.45) is -4.66. The zero-order valence-electron chi connectivity index (χ0n) is 14.7. The Balaban J connectivity index is 2.72. The standard InChI is InChI=1S/C19H26ClF3O/c1-5-13-15(24)11-12-7-6-8-14(20)16(12)18(13,19(21,22)23)10-9-17(2,3)4/h6-8,13,15,24H,5,9-11H2,1-4H3. The van der Waals surface area contributed by atoms with Crippen LogP contribution in [0.1, 0.15) is 58.1 Å². The lowest BCUT2D eigenvalue weighted by molar-refractivity contribution is -0.224. The molecule has 0 fully saturated rings. The first-order chi connectivity index (χ1) is 10.9. The van der Waals surface area contributed by atoms with E-state index in [1.807, 2.05) is 20.8 Å². The van der Waals surface area contributed by atoms with Crippen LogP contribution >= 0.6 is 11.6 Å². The highest BCUT2D eigenvalue weighted by Crippen LogP contribution is 2.58. The smallest absolute Gasteiger partial charge is 0.392 e. The zero-order valence-corrected chi connectivity index (χ0v) is 15.4. The normalized spacial score (nSPS) is 27.9. The Hall–Kier alpha value is -0.740. The second-order valence-electron chi connectivity index (χ2n) is 8.09. The van der Waals surface area contributed by atoms with Crippen molar-refractivity contribution in [1.29, 1.82) is 0 Å². The first kappa shape index (κ1) is 19.6. The Morgan fingerprint density at radius 3 is 2.38 bits per heavy atom. The van der Waals surface area contributed by atoms with Crippen LogP contribution in [0, 0.1) is 11.3 Å². The van der Waals surface area contributed by atoms with Crippen molar-refractivity contribution in [1.82, 2.24) is 0 Å². The number of alkyl halides is 3. The van der Waals surface area contributed by atoms with Crippen LogP contribution < -0.4 is 0 Å². The maximum Gasteiger partial charge on any atom is 0.398 e. The van der Waals surface area contributed by atoms with E-state index in [4.69, 9.17) is 11.6 Å². The van der Waals surface area contributed by atoms with E-state index < -0.39 is 23.6 Å². The lowest BCUT2D eigenvalue weighted by Gasteiger charge is -2.49. The third-order valence-electron chi connectivity index (χ3n) is 5.29. The molecule has 3 atom stereocenters. The number of hydrogen-bond acceptors (Lipinski definition) is 1. The van der Waals surface area contributed by atoms with Gasteiger partial charge in [0.1, 0.15) is 0 Å². The van der Waals surface area contributed by atoms with Crippen molar-refractivity contribution < 1.29 is 18.3 Å². The summed E-state index contributed by atoms with van der Waals surface area (Å²) in [5.41, 5.74) is -1.63. The Labute approximate surface area is 147 Å². The molecule has 0 aliphatic heterocycles. The summed E-state index contributed by atoms with van der Waals surface area (Å²) < 4.78 is 43.4. The molecule has 0 saturated heterocycles. The molecule has 1 aliphatic carbocycles. The van der Waals surface area contributed by atoms with Crippen LogP contribution in [0.3, 0.4) is 0 Å². The lowest BCUT2D eigenvalue weighted by Crippen LogP contribution is -2.56. The topological polar surface area (TPSA) is 20.2 Å². The molecular formula is C19H26ClF3O. The molecule has 5 heteroatoms. The SMILES string of the molecule is CCC1C(O)Cc2cccc(Cl)c2C1(CCC(C)(C)C)C(F)(F)F. The second kappa shape index (κ2) is 6.53. The van der Waals surface area contributed by atoms with E-state index in [-0.39, 0.29) is 35.3 Å². The molecule has 1 aromatic rings. The Bertz CT molecular complexity index is 591. The maximum atomic E-state index is 14.5. The number of aliphatic hydroxyl groups is 1. The number of hydrogen-bond donors (Lipinski definition) is 1. The Morgan fingerprint density at radius 1 is 1.25 bits per heavy atom. The van der Waals surface area contributed by atoms with Crippen molar-refractivity contribution in [2.75, 3.05) is 0 Å². The zero-order chi connectivity index (χ0) is 18.3. The molecule has 136 valence electrons. The highest BCUT2D eigenvalue weighted by atomic mass is 35.5. The molecule has 0 amide bonds. The van der Waals surface area contributed by atoms with Crippen LogP contribution in [-0.4, -0.2) is 17.4 Å². The van der Waals surface area contributed by atoms with Crippen LogP contribution in [0.5, 0.6) is 0 Å². The van der Waals surface area contributed by atoms with Crippen molar-refractivity contribution >= 4 is 11.6 Å². The van der Waals surface area contributed by atoms with Crippen molar-refractivity contribution in [3.05, 3.63) is 34.3 Å². The second-order valence-corrected chi connectivity index (χ2v) is 8.50. The van der Waals surface area contributed by atoms with Crippen molar-refractivity contribution in [2.24, 2.45) is 11.3 Å². The minimum absolute atomic E-state index is 0.0632. The summed E-state index contributed by atoms with van der Waals surface area (Å²) >= 11 is 6.27. The average Bonchev–Trinajstić information content (AvgIpc) is 2.42. The van der Waals surface area contributed by atoms with Gasteiger partial charge in [-0.3, -0.25) is 0 Å². The maximum absolute atomic E-state index is 14.5. The molecular weight excluding hydrogens is 337 g/mol. The van der Waals surface area contributed by atoms with Crippen LogP contribution in [-0.2, 0) is 11.8 Å². The molecule has 1 N–H and O–H groups in total.